The zero-order chi connectivity index (χ0) is 32.5. The predicted octanol–water partition coefficient (Wildman–Crippen LogP) is 6.32. The summed E-state index contributed by atoms with van der Waals surface area (Å²) in [6, 6.07) is 0.698. The molecule has 0 spiro atoms. The van der Waals surface area contributed by atoms with Gasteiger partial charge in [-0.05, 0) is 182 Å². The van der Waals surface area contributed by atoms with Crippen molar-refractivity contribution >= 4 is 10.4 Å². The van der Waals surface area contributed by atoms with Crippen LogP contribution >= 0.6 is 0 Å². The second-order valence-electron chi connectivity index (χ2n) is 16.3. The molecule has 0 aromatic heterocycles. The summed E-state index contributed by atoms with van der Waals surface area (Å²) in [6.07, 6.45) is 19.5. The molecular formula is C36H70N4O4S. The van der Waals surface area contributed by atoms with E-state index in [-0.39, 0.29) is 5.92 Å². The zero-order valence-electron chi connectivity index (χ0n) is 29.3. The van der Waals surface area contributed by atoms with E-state index in [0.29, 0.717) is 23.3 Å². The van der Waals surface area contributed by atoms with Crippen LogP contribution in [0, 0.1) is 46.3 Å². The number of rotatable bonds is 20. The van der Waals surface area contributed by atoms with Crippen LogP contribution in [0.15, 0.2) is 0 Å². The number of nitrogens with one attached hydrogen (secondary N) is 3. The van der Waals surface area contributed by atoms with Gasteiger partial charge in [-0.3, -0.25) is 4.55 Å². The first-order valence-electron chi connectivity index (χ1n) is 19.0. The minimum absolute atomic E-state index is 0.0624. The van der Waals surface area contributed by atoms with Crippen molar-refractivity contribution < 1.29 is 17.2 Å². The zero-order valence-corrected chi connectivity index (χ0v) is 30.1. The minimum atomic E-state index is -4.41. The Morgan fingerprint density at radius 1 is 0.822 bits per heavy atom. The first-order valence-corrected chi connectivity index (χ1v) is 20.3. The molecule has 0 bridgehead atoms. The Hall–Kier alpha value is -0.290. The number of hydrogen-bond donors (Lipinski definition) is 5. The Morgan fingerprint density at radius 2 is 1.49 bits per heavy atom. The van der Waals surface area contributed by atoms with Crippen molar-refractivity contribution in [2.75, 3.05) is 39.3 Å². The largest absolute Gasteiger partial charge is 0.397 e. The molecule has 0 aliphatic heterocycles. The van der Waals surface area contributed by atoms with Crippen LogP contribution < -0.4 is 21.7 Å². The standard InChI is InChI=1S/C36H70N4O4S/c1-27(2)34(44-45(41,42)43)11-7-10-28-13-15-32-31-14-12-29-26-30(16-18-36(29,4)33(31)17-19-35(28,32)3)40-25-9-24-39-22-6-5-21-38-23-8-20-37/h27-34,38-40H,5-26,37H2,1-4H3,(H,41,42,43)/t28?,29-,30?,31?,32?,33?,34?,35?,36?/m0/s1. The Labute approximate surface area is 276 Å². The van der Waals surface area contributed by atoms with Crippen LogP contribution in [0.2, 0.25) is 0 Å². The van der Waals surface area contributed by atoms with Crippen LogP contribution in [0.25, 0.3) is 0 Å². The lowest BCUT2D eigenvalue weighted by Gasteiger charge is -2.61. The molecule has 0 amide bonds. The average molecular weight is 655 g/mol. The third-order valence-corrected chi connectivity index (χ3v) is 13.9. The van der Waals surface area contributed by atoms with E-state index < -0.39 is 16.5 Å². The predicted molar refractivity (Wildman–Crippen MR) is 185 cm³/mol. The molecule has 4 saturated carbocycles. The van der Waals surface area contributed by atoms with Gasteiger partial charge in [0.2, 0.25) is 0 Å². The summed E-state index contributed by atoms with van der Waals surface area (Å²) in [6.45, 7) is 15.5. The van der Waals surface area contributed by atoms with Gasteiger partial charge in [0.05, 0.1) is 6.10 Å². The summed E-state index contributed by atoms with van der Waals surface area (Å²) in [5.41, 5.74) is 6.48. The summed E-state index contributed by atoms with van der Waals surface area (Å²) in [7, 11) is -4.41. The summed E-state index contributed by atoms with van der Waals surface area (Å²) < 4.78 is 36.9. The molecule has 9 heteroatoms. The molecule has 45 heavy (non-hydrogen) atoms. The Morgan fingerprint density at radius 3 is 2.18 bits per heavy atom. The molecule has 0 saturated heterocycles. The van der Waals surface area contributed by atoms with E-state index >= 15 is 0 Å². The summed E-state index contributed by atoms with van der Waals surface area (Å²) in [4.78, 5) is 0. The first kappa shape index (κ1) is 37.5. The van der Waals surface area contributed by atoms with Crippen molar-refractivity contribution in [1.82, 2.24) is 16.0 Å². The molecule has 8 unspecified atom stereocenters. The molecule has 6 N–H and O–H groups in total. The Bertz CT molecular complexity index is 982. The van der Waals surface area contributed by atoms with E-state index in [1.54, 1.807) is 0 Å². The van der Waals surface area contributed by atoms with Crippen LogP contribution in [0.3, 0.4) is 0 Å². The van der Waals surface area contributed by atoms with Crippen molar-refractivity contribution in [3.05, 3.63) is 0 Å². The smallest absolute Gasteiger partial charge is 0.330 e. The van der Waals surface area contributed by atoms with Crippen molar-refractivity contribution in [2.24, 2.45) is 52.1 Å². The van der Waals surface area contributed by atoms with E-state index in [9.17, 15) is 13.0 Å². The second kappa shape index (κ2) is 17.4. The van der Waals surface area contributed by atoms with Crippen molar-refractivity contribution in [3.8, 4) is 0 Å². The number of unbranched alkanes of at least 4 members (excludes halogenated alkanes) is 1. The molecule has 264 valence electrons. The number of nitrogens with two attached hydrogens (primary N) is 1. The summed E-state index contributed by atoms with van der Waals surface area (Å²) in [5.74, 6) is 4.29. The van der Waals surface area contributed by atoms with Crippen LogP contribution in [0.5, 0.6) is 0 Å². The highest BCUT2D eigenvalue weighted by Crippen LogP contribution is 2.68. The molecule has 4 fully saturated rings. The Kier molecular flexibility index (Phi) is 14.5. The van der Waals surface area contributed by atoms with Gasteiger partial charge in [0, 0.05) is 6.04 Å². The van der Waals surface area contributed by atoms with Crippen molar-refractivity contribution in [1.29, 1.82) is 0 Å². The van der Waals surface area contributed by atoms with E-state index in [4.69, 9.17) is 9.92 Å². The lowest BCUT2D eigenvalue weighted by Crippen LogP contribution is -2.55. The SMILES string of the molecule is CC(C)C(CCCC1CCC2C3CC[C@H]4CC(NCCCNCCCCNCCCN)CCC4(C)C3CCC12C)OS(=O)(=O)O. The molecule has 4 rings (SSSR count). The van der Waals surface area contributed by atoms with Crippen molar-refractivity contribution in [2.45, 2.75) is 143 Å². The highest BCUT2D eigenvalue weighted by Gasteiger charge is 2.59. The average Bonchev–Trinajstić information content (AvgIpc) is 3.32. The van der Waals surface area contributed by atoms with Gasteiger partial charge >= 0.3 is 10.4 Å². The third-order valence-electron chi connectivity index (χ3n) is 13.4. The van der Waals surface area contributed by atoms with Crippen LogP contribution in [-0.4, -0.2) is 64.4 Å². The van der Waals surface area contributed by atoms with E-state index in [0.717, 1.165) is 88.1 Å². The maximum Gasteiger partial charge on any atom is 0.397 e. The summed E-state index contributed by atoms with van der Waals surface area (Å²) in [5, 5.41) is 11.1. The van der Waals surface area contributed by atoms with Crippen LogP contribution in [0.4, 0.5) is 0 Å². The van der Waals surface area contributed by atoms with E-state index in [1.165, 1.54) is 77.0 Å². The monoisotopic (exact) mass is 655 g/mol. The second-order valence-corrected chi connectivity index (χ2v) is 17.4. The van der Waals surface area contributed by atoms with Gasteiger partial charge in [-0.2, -0.15) is 8.42 Å². The van der Waals surface area contributed by atoms with Gasteiger partial charge in [0.1, 0.15) is 0 Å². The molecular weight excluding hydrogens is 584 g/mol. The van der Waals surface area contributed by atoms with Gasteiger partial charge in [0.25, 0.3) is 0 Å². The molecule has 0 aromatic rings. The van der Waals surface area contributed by atoms with Crippen LogP contribution in [-0.2, 0) is 14.6 Å². The van der Waals surface area contributed by atoms with E-state index in [1.807, 2.05) is 13.8 Å². The van der Waals surface area contributed by atoms with Gasteiger partial charge in [-0.1, -0.05) is 34.1 Å². The molecule has 9 atom stereocenters. The number of hydrogen-bond acceptors (Lipinski definition) is 7. The molecule has 0 aromatic carbocycles. The molecule has 0 heterocycles. The maximum atomic E-state index is 11.3. The van der Waals surface area contributed by atoms with Gasteiger partial charge in [-0.25, -0.2) is 4.18 Å². The molecule has 4 aliphatic rings. The van der Waals surface area contributed by atoms with Gasteiger partial charge < -0.3 is 21.7 Å². The Balaban J connectivity index is 1.16. The fourth-order valence-corrected chi connectivity index (χ4v) is 11.4. The highest BCUT2D eigenvalue weighted by atomic mass is 32.3. The number of fused-ring (bicyclic) bond motifs is 5. The third kappa shape index (κ3) is 10.1. The molecule has 0 radical (unpaired) electrons. The molecule has 4 aliphatic carbocycles. The highest BCUT2D eigenvalue weighted by molar-refractivity contribution is 7.80. The fourth-order valence-electron chi connectivity index (χ4n) is 10.7. The maximum absolute atomic E-state index is 11.3. The van der Waals surface area contributed by atoms with Gasteiger partial charge in [0.15, 0.2) is 0 Å². The lowest BCUT2D eigenvalue weighted by molar-refractivity contribution is -0.115. The topological polar surface area (TPSA) is 126 Å². The quantitative estimate of drug-likeness (QED) is 0.0764. The minimum Gasteiger partial charge on any atom is -0.330 e. The fraction of sp³-hybridized carbons (Fsp3) is 1.00. The summed E-state index contributed by atoms with van der Waals surface area (Å²) >= 11 is 0. The van der Waals surface area contributed by atoms with Crippen LogP contribution in [0.1, 0.15) is 130 Å². The van der Waals surface area contributed by atoms with Gasteiger partial charge in [-0.15, -0.1) is 0 Å². The molecule has 8 nitrogen and oxygen atoms in total. The van der Waals surface area contributed by atoms with Crippen molar-refractivity contribution in [3.63, 3.8) is 0 Å². The normalized spacial score (nSPS) is 35.6. The van der Waals surface area contributed by atoms with E-state index in [2.05, 4.69) is 29.8 Å². The first-order chi connectivity index (χ1) is 21.5. The lowest BCUT2D eigenvalue weighted by atomic mass is 9.44.